The molecule has 0 aliphatic carbocycles. The fourth-order valence-corrected chi connectivity index (χ4v) is 7.38. The first-order chi connectivity index (χ1) is 20.9. The summed E-state index contributed by atoms with van der Waals surface area (Å²) in [4.78, 5) is 9.20. The van der Waals surface area contributed by atoms with Crippen molar-refractivity contribution < 1.29 is 5.11 Å². The topological polar surface area (TPSA) is 55.9 Å². The summed E-state index contributed by atoms with van der Waals surface area (Å²) in [5, 5.41) is 11.6. The Morgan fingerprint density at radius 3 is 1.83 bits per heavy atom. The van der Waals surface area contributed by atoms with Gasteiger partial charge in [-0.3, -0.25) is 0 Å². The molecule has 46 heavy (non-hydrogen) atoms. The van der Waals surface area contributed by atoms with E-state index in [0.717, 1.165) is 16.8 Å². The molecule has 4 aromatic rings. The summed E-state index contributed by atoms with van der Waals surface area (Å²) >= 11 is -1.72. The SMILES string of the molecule is CC(C)(C)C(C)(O)c1cnc([Si](C)(C)C(C)(C)C)n1-c1ccccc1.CC1(C)c2ccccc2-n2cncc2C1(C)C.[Cl][Al]([Cl])[Cl]. The van der Waals surface area contributed by atoms with E-state index in [1.54, 1.807) is 0 Å². The van der Waals surface area contributed by atoms with Crippen LogP contribution in [-0.2, 0) is 16.4 Å². The van der Waals surface area contributed by atoms with Gasteiger partial charge in [0.05, 0.1) is 29.4 Å². The lowest BCUT2D eigenvalue weighted by molar-refractivity contribution is -0.0518. The maximum Gasteiger partial charge on any atom is 0.643 e. The largest absolute Gasteiger partial charge is 0.643 e. The third-order valence-corrected chi connectivity index (χ3v) is 16.1. The Labute approximate surface area is 295 Å². The minimum atomic E-state index is -1.88. The second-order valence-corrected chi connectivity index (χ2v) is 27.6. The first-order valence-corrected chi connectivity index (χ1v) is 24.1. The third kappa shape index (κ3) is 7.37. The molecule has 1 N–H and O–H groups in total. The van der Waals surface area contributed by atoms with E-state index < -0.39 is 25.1 Å². The first-order valence-electron chi connectivity index (χ1n) is 15.8. The van der Waals surface area contributed by atoms with Crippen molar-refractivity contribution in [2.75, 3.05) is 0 Å². The van der Waals surface area contributed by atoms with E-state index in [2.05, 4.69) is 133 Å². The van der Waals surface area contributed by atoms with Crippen molar-refractivity contribution in [3.05, 3.63) is 90.3 Å². The van der Waals surface area contributed by atoms with Gasteiger partial charge >= 0.3 is 11.4 Å². The monoisotopic (exact) mass is 716 g/mol. The van der Waals surface area contributed by atoms with Crippen LogP contribution in [0, 0.1) is 5.41 Å². The summed E-state index contributed by atoms with van der Waals surface area (Å²) in [5.41, 5.74) is 5.91. The van der Waals surface area contributed by atoms with E-state index in [9.17, 15) is 5.11 Å². The molecule has 10 heteroatoms. The van der Waals surface area contributed by atoms with Gasteiger partial charge in [0.1, 0.15) is 13.7 Å². The molecule has 0 radical (unpaired) electrons. The van der Waals surface area contributed by atoms with E-state index in [-0.39, 0.29) is 21.3 Å². The number of hydrogen-bond donors (Lipinski definition) is 1. The summed E-state index contributed by atoms with van der Waals surface area (Å²) in [5.74, 6) is 0. The molecule has 0 saturated carbocycles. The minimum Gasteiger partial charge on any atom is -0.383 e. The summed E-state index contributed by atoms with van der Waals surface area (Å²) in [7, 11) is 12.9. The molecule has 0 amide bonds. The summed E-state index contributed by atoms with van der Waals surface area (Å²) in [6, 6.07) is 18.9. The van der Waals surface area contributed by atoms with E-state index in [4.69, 9.17) is 35.1 Å². The van der Waals surface area contributed by atoms with Crippen molar-refractivity contribution in [1.29, 1.82) is 0 Å². The average molecular weight is 718 g/mol. The highest BCUT2D eigenvalue weighted by molar-refractivity contribution is 7.54. The van der Waals surface area contributed by atoms with Gasteiger partial charge in [-0.2, -0.15) is 0 Å². The molecular formula is C36H52AlCl3N4OSi. The summed E-state index contributed by atoms with van der Waals surface area (Å²) in [6.07, 6.45) is 5.80. The number of benzene rings is 2. The normalized spacial score (nSPS) is 16.5. The molecule has 2 aromatic carbocycles. The molecule has 2 aromatic heterocycles. The zero-order valence-corrected chi connectivity index (χ0v) is 34.3. The van der Waals surface area contributed by atoms with Gasteiger partial charge < -0.3 is 14.2 Å². The molecule has 0 bridgehead atoms. The molecule has 1 atom stereocenters. The van der Waals surface area contributed by atoms with Gasteiger partial charge in [0, 0.05) is 28.4 Å². The van der Waals surface area contributed by atoms with Crippen LogP contribution < -0.4 is 5.45 Å². The molecular weight excluding hydrogens is 666 g/mol. The quantitative estimate of drug-likeness (QED) is 0.215. The highest BCUT2D eigenvalue weighted by Crippen LogP contribution is 2.49. The predicted octanol–water partition coefficient (Wildman–Crippen LogP) is 9.97. The number of para-hydroxylation sites is 2. The van der Waals surface area contributed by atoms with Crippen molar-refractivity contribution >= 4 is 55.1 Å². The highest BCUT2D eigenvalue weighted by atomic mass is 35.8. The van der Waals surface area contributed by atoms with Gasteiger partial charge in [-0.1, -0.05) is 119 Å². The van der Waals surface area contributed by atoms with Crippen LogP contribution >= 0.6 is 30.1 Å². The minimum absolute atomic E-state index is 0.0812. The zero-order chi connectivity index (χ0) is 35.1. The van der Waals surface area contributed by atoms with Gasteiger partial charge in [0.25, 0.3) is 0 Å². The number of aliphatic hydroxyl groups is 1. The van der Waals surface area contributed by atoms with Crippen LogP contribution in [-0.4, -0.2) is 43.7 Å². The zero-order valence-electron chi connectivity index (χ0n) is 29.9. The van der Waals surface area contributed by atoms with Crippen molar-refractivity contribution in [2.24, 2.45) is 5.41 Å². The highest BCUT2D eigenvalue weighted by Gasteiger charge is 2.47. The molecule has 1 aliphatic rings. The molecule has 250 valence electrons. The standard InChI is InChI=1S/C21H34N2OSi.C15H18N2.Al.3ClH/c1-19(2,3)21(7,24)17-15-22-18(25(8,9)20(4,5)6)23(17)16-13-11-10-12-14-16;1-14(2)11-7-5-6-8-12(11)17-10-16-9-13(17)15(14,3)4;;;;/h10-15,24H,1-9H3;5-10H,1-4H3;;3*1H/q;;+3;;;/p-3. The van der Waals surface area contributed by atoms with E-state index in [1.165, 1.54) is 16.9 Å². The summed E-state index contributed by atoms with van der Waals surface area (Å²) < 4.78 is 4.43. The second-order valence-electron chi connectivity index (χ2n) is 16.0. The first kappa shape index (κ1) is 38.9. The molecule has 5 rings (SSSR count). The molecule has 1 unspecified atom stereocenters. The van der Waals surface area contributed by atoms with Gasteiger partial charge in [-0.25, -0.2) is 40.1 Å². The van der Waals surface area contributed by atoms with E-state index in [0.29, 0.717) is 0 Å². The second kappa shape index (κ2) is 13.7. The lowest BCUT2D eigenvalue weighted by Gasteiger charge is -2.47. The Hall–Kier alpha value is -1.56. The summed E-state index contributed by atoms with van der Waals surface area (Å²) in [6.45, 7) is 29.0. The Morgan fingerprint density at radius 1 is 0.783 bits per heavy atom. The molecule has 0 spiro atoms. The number of nitrogens with zero attached hydrogens (tertiary/aromatic N) is 4. The van der Waals surface area contributed by atoms with Crippen molar-refractivity contribution in [2.45, 2.75) is 111 Å². The van der Waals surface area contributed by atoms with Crippen LogP contribution in [0.4, 0.5) is 0 Å². The predicted molar refractivity (Wildman–Crippen MR) is 202 cm³/mol. The van der Waals surface area contributed by atoms with Gasteiger partial charge in [0.15, 0.2) is 0 Å². The van der Waals surface area contributed by atoms with Crippen LogP contribution in [0.1, 0.15) is 93.1 Å². The van der Waals surface area contributed by atoms with Crippen LogP contribution in [0.15, 0.2) is 73.3 Å². The number of hydrogen-bond acceptors (Lipinski definition) is 3. The Morgan fingerprint density at radius 2 is 1.30 bits per heavy atom. The van der Waals surface area contributed by atoms with Crippen LogP contribution in [0.2, 0.25) is 18.1 Å². The average Bonchev–Trinajstić information content (AvgIpc) is 3.61. The molecule has 1 aliphatic heterocycles. The van der Waals surface area contributed by atoms with Crippen molar-refractivity contribution in [3.8, 4) is 11.4 Å². The van der Waals surface area contributed by atoms with Crippen LogP contribution in [0.3, 0.4) is 0 Å². The van der Waals surface area contributed by atoms with Crippen LogP contribution in [0.5, 0.6) is 0 Å². The molecule has 0 fully saturated rings. The van der Waals surface area contributed by atoms with Crippen LogP contribution in [0.25, 0.3) is 11.4 Å². The maximum atomic E-state index is 11.4. The number of rotatable bonds is 3. The van der Waals surface area contributed by atoms with Gasteiger partial charge in [-0.15, -0.1) is 0 Å². The van der Waals surface area contributed by atoms with Gasteiger partial charge in [-0.05, 0) is 41.1 Å². The van der Waals surface area contributed by atoms with Crippen molar-refractivity contribution in [1.82, 2.24) is 19.1 Å². The van der Waals surface area contributed by atoms with Gasteiger partial charge in [0.2, 0.25) is 0 Å². The van der Waals surface area contributed by atoms with E-state index in [1.807, 2.05) is 43.8 Å². The molecule has 5 nitrogen and oxygen atoms in total. The smallest absolute Gasteiger partial charge is 0.383 e. The lowest BCUT2D eigenvalue weighted by atomic mass is 9.60. The fourth-order valence-electron chi connectivity index (χ4n) is 5.51. The Bertz CT molecular complexity index is 1570. The Kier molecular flexibility index (Phi) is 11.6. The fraction of sp³-hybridized carbons (Fsp3) is 0.500. The van der Waals surface area contributed by atoms with Crippen molar-refractivity contribution in [3.63, 3.8) is 0 Å². The maximum absolute atomic E-state index is 11.4. The molecule has 3 heterocycles. The number of imidazole rings is 2. The Balaban J connectivity index is 0.000000236. The third-order valence-electron chi connectivity index (χ3n) is 10.8. The number of halogens is 3. The number of fused-ring (bicyclic) bond motifs is 3. The van der Waals surface area contributed by atoms with E-state index >= 15 is 0 Å². The lowest BCUT2D eigenvalue weighted by Crippen LogP contribution is -2.54. The number of aromatic nitrogens is 4. The molecule has 0 saturated heterocycles.